The molecule has 0 aliphatic heterocycles. The van der Waals surface area contributed by atoms with Crippen LogP contribution in [0.5, 0.6) is 5.75 Å². The van der Waals surface area contributed by atoms with Gasteiger partial charge >= 0.3 is 0 Å². The number of rotatable bonds is 1. The van der Waals surface area contributed by atoms with Gasteiger partial charge in [0.2, 0.25) is 0 Å². The van der Waals surface area contributed by atoms with E-state index in [0.717, 1.165) is 0 Å². The Morgan fingerprint density at radius 1 is 0.765 bits per heavy atom. The minimum atomic E-state index is 0.421. The van der Waals surface area contributed by atoms with Gasteiger partial charge in [-0.2, -0.15) is 0 Å². The summed E-state index contributed by atoms with van der Waals surface area (Å²) in [7, 11) is 1.50. The largest absolute Gasteiger partial charge is 0.494 e. The van der Waals surface area contributed by atoms with E-state index < -0.39 is 0 Å². The van der Waals surface area contributed by atoms with Crippen molar-refractivity contribution in [3.63, 3.8) is 0 Å². The third kappa shape index (κ3) is 4.86. The standard InChI is InChI=1S/C7H5Cl3O.C6H6/c1-11-7-5(9)2-4(8)3-6(7)10;1-2-4-6-5-3-1/h2-3H,1H3;1-6H. The normalized spacial score (nSPS) is 9.18. The second-order valence-electron chi connectivity index (χ2n) is 3.06. The highest BCUT2D eigenvalue weighted by Gasteiger charge is 2.06. The zero-order valence-electron chi connectivity index (χ0n) is 9.16. The highest BCUT2D eigenvalue weighted by atomic mass is 35.5. The summed E-state index contributed by atoms with van der Waals surface area (Å²) in [5.74, 6) is 0.456. The molecule has 2 aromatic carbocycles. The van der Waals surface area contributed by atoms with Crippen molar-refractivity contribution in [2.24, 2.45) is 0 Å². The zero-order chi connectivity index (χ0) is 12.7. The first kappa shape index (κ1) is 14.2. The lowest BCUT2D eigenvalue weighted by atomic mass is 10.3. The Balaban J connectivity index is 0.000000202. The fraction of sp³-hybridized carbons (Fsp3) is 0.0769. The average molecular weight is 290 g/mol. The van der Waals surface area contributed by atoms with Crippen molar-refractivity contribution >= 4 is 34.8 Å². The first-order chi connectivity index (χ1) is 8.15. The zero-order valence-corrected chi connectivity index (χ0v) is 11.4. The van der Waals surface area contributed by atoms with E-state index in [2.05, 4.69) is 0 Å². The Hall–Kier alpha value is -0.890. The van der Waals surface area contributed by atoms with E-state index >= 15 is 0 Å². The molecule has 0 atom stereocenters. The van der Waals surface area contributed by atoms with Gasteiger partial charge in [0.15, 0.2) is 5.75 Å². The highest BCUT2D eigenvalue weighted by Crippen LogP contribution is 2.35. The van der Waals surface area contributed by atoms with Gasteiger partial charge in [0, 0.05) is 5.02 Å². The molecule has 0 amide bonds. The van der Waals surface area contributed by atoms with E-state index in [1.807, 2.05) is 36.4 Å². The Kier molecular flexibility index (Phi) is 6.20. The summed E-state index contributed by atoms with van der Waals surface area (Å²) in [4.78, 5) is 0. The summed E-state index contributed by atoms with van der Waals surface area (Å²) in [6.07, 6.45) is 0. The van der Waals surface area contributed by atoms with Crippen LogP contribution in [0.2, 0.25) is 15.1 Å². The molecule has 4 heteroatoms. The van der Waals surface area contributed by atoms with E-state index in [9.17, 15) is 0 Å². The lowest BCUT2D eigenvalue weighted by molar-refractivity contribution is 0.415. The third-order valence-corrected chi connectivity index (χ3v) is 2.61. The van der Waals surface area contributed by atoms with Gasteiger partial charge in [0.25, 0.3) is 0 Å². The van der Waals surface area contributed by atoms with Crippen molar-refractivity contribution in [1.29, 1.82) is 0 Å². The average Bonchev–Trinajstić information content (AvgIpc) is 2.31. The maximum atomic E-state index is 5.74. The molecule has 0 spiro atoms. The van der Waals surface area contributed by atoms with Crippen LogP contribution in [0.25, 0.3) is 0 Å². The highest BCUT2D eigenvalue weighted by molar-refractivity contribution is 6.40. The molecule has 1 nitrogen and oxygen atoms in total. The fourth-order valence-corrected chi connectivity index (χ4v) is 2.08. The molecular formula is C13H11Cl3O. The van der Waals surface area contributed by atoms with E-state index in [-0.39, 0.29) is 0 Å². The van der Waals surface area contributed by atoms with Crippen LogP contribution in [-0.2, 0) is 0 Å². The molecule has 90 valence electrons. The fourth-order valence-electron chi connectivity index (χ4n) is 1.11. The van der Waals surface area contributed by atoms with Crippen molar-refractivity contribution in [3.8, 4) is 5.75 Å². The van der Waals surface area contributed by atoms with Crippen molar-refractivity contribution in [2.45, 2.75) is 0 Å². The molecule has 0 saturated heterocycles. The maximum absolute atomic E-state index is 5.74. The Morgan fingerprint density at radius 3 is 1.41 bits per heavy atom. The third-order valence-electron chi connectivity index (χ3n) is 1.83. The Morgan fingerprint density at radius 2 is 1.12 bits per heavy atom. The van der Waals surface area contributed by atoms with Crippen molar-refractivity contribution in [1.82, 2.24) is 0 Å². The second-order valence-corrected chi connectivity index (χ2v) is 4.31. The predicted octanol–water partition coefficient (Wildman–Crippen LogP) is 5.34. The SMILES string of the molecule is COc1c(Cl)cc(Cl)cc1Cl.c1ccccc1. The number of hydrogen-bond acceptors (Lipinski definition) is 1. The minimum absolute atomic E-state index is 0.421. The van der Waals surface area contributed by atoms with E-state index in [1.54, 1.807) is 12.1 Å². The summed E-state index contributed by atoms with van der Waals surface area (Å²) in [6.45, 7) is 0. The van der Waals surface area contributed by atoms with Gasteiger partial charge < -0.3 is 4.74 Å². The van der Waals surface area contributed by atoms with Crippen molar-refractivity contribution in [3.05, 3.63) is 63.6 Å². The molecule has 0 unspecified atom stereocenters. The number of ether oxygens (including phenoxy) is 1. The molecule has 0 aliphatic carbocycles. The van der Waals surface area contributed by atoms with E-state index in [4.69, 9.17) is 39.5 Å². The summed E-state index contributed by atoms with van der Waals surface area (Å²) in [6, 6.07) is 15.2. The minimum Gasteiger partial charge on any atom is -0.494 e. The van der Waals surface area contributed by atoms with Crippen LogP contribution < -0.4 is 4.74 Å². The molecule has 0 aliphatic rings. The smallest absolute Gasteiger partial charge is 0.156 e. The second kappa shape index (κ2) is 7.44. The summed E-state index contributed by atoms with van der Waals surface area (Å²) in [5, 5.41) is 1.34. The van der Waals surface area contributed by atoms with Crippen LogP contribution in [0.1, 0.15) is 0 Å². The molecule has 2 rings (SSSR count). The Bertz CT molecular complexity index is 408. The van der Waals surface area contributed by atoms with Crippen LogP contribution in [-0.4, -0.2) is 7.11 Å². The van der Waals surface area contributed by atoms with E-state index in [0.29, 0.717) is 20.8 Å². The van der Waals surface area contributed by atoms with Crippen LogP contribution >= 0.6 is 34.8 Å². The monoisotopic (exact) mass is 288 g/mol. The molecule has 0 heterocycles. The quantitative estimate of drug-likeness (QED) is 0.688. The van der Waals surface area contributed by atoms with Crippen LogP contribution in [0, 0.1) is 0 Å². The number of halogens is 3. The molecule has 0 saturated carbocycles. The van der Waals surface area contributed by atoms with Crippen LogP contribution in [0.3, 0.4) is 0 Å². The van der Waals surface area contributed by atoms with Gasteiger partial charge in [0.1, 0.15) is 0 Å². The molecule has 0 radical (unpaired) electrons. The Labute approximate surface area is 116 Å². The van der Waals surface area contributed by atoms with Gasteiger partial charge in [-0.3, -0.25) is 0 Å². The molecule has 17 heavy (non-hydrogen) atoms. The van der Waals surface area contributed by atoms with Crippen molar-refractivity contribution < 1.29 is 4.74 Å². The van der Waals surface area contributed by atoms with Gasteiger partial charge in [0.05, 0.1) is 17.2 Å². The molecule has 0 bridgehead atoms. The molecule has 0 fully saturated rings. The summed E-state index contributed by atoms with van der Waals surface area (Å²) < 4.78 is 4.91. The van der Waals surface area contributed by atoms with Crippen molar-refractivity contribution in [2.75, 3.05) is 7.11 Å². The summed E-state index contributed by atoms with van der Waals surface area (Å²) >= 11 is 17.1. The number of benzene rings is 2. The predicted molar refractivity (Wildman–Crippen MR) is 74.5 cm³/mol. The van der Waals surface area contributed by atoms with Gasteiger partial charge in [-0.05, 0) is 12.1 Å². The van der Waals surface area contributed by atoms with Gasteiger partial charge in [-0.15, -0.1) is 0 Å². The molecule has 0 N–H and O–H groups in total. The molecule has 0 aromatic heterocycles. The summed E-state index contributed by atoms with van der Waals surface area (Å²) in [5.41, 5.74) is 0. The van der Waals surface area contributed by atoms with Gasteiger partial charge in [-0.1, -0.05) is 71.2 Å². The maximum Gasteiger partial charge on any atom is 0.156 e. The lowest BCUT2D eigenvalue weighted by Gasteiger charge is -2.04. The number of methoxy groups -OCH3 is 1. The molecular weight excluding hydrogens is 279 g/mol. The van der Waals surface area contributed by atoms with E-state index in [1.165, 1.54) is 7.11 Å². The lowest BCUT2D eigenvalue weighted by Crippen LogP contribution is -1.84. The number of hydrogen-bond donors (Lipinski definition) is 0. The van der Waals surface area contributed by atoms with Crippen LogP contribution in [0.4, 0.5) is 0 Å². The first-order valence-electron chi connectivity index (χ1n) is 4.83. The first-order valence-corrected chi connectivity index (χ1v) is 5.97. The van der Waals surface area contributed by atoms with Gasteiger partial charge in [-0.25, -0.2) is 0 Å². The molecule has 2 aromatic rings. The van der Waals surface area contributed by atoms with Crippen LogP contribution in [0.15, 0.2) is 48.5 Å². The topological polar surface area (TPSA) is 9.23 Å².